The third-order valence-corrected chi connectivity index (χ3v) is 1.71. The van der Waals surface area contributed by atoms with E-state index in [0.717, 1.165) is 5.57 Å². The van der Waals surface area contributed by atoms with Crippen LogP contribution in [0, 0.1) is 5.82 Å². The van der Waals surface area contributed by atoms with Crippen LogP contribution in [0.4, 0.5) is 4.39 Å². The number of hydrogen-bond donors (Lipinski definition) is 0. The lowest BCUT2D eigenvalue weighted by atomic mass is 10.3. The molecule has 0 aliphatic rings. The first-order chi connectivity index (χ1) is 6.16. The number of hydrogen-bond acceptors (Lipinski definition) is 2. The number of fused-ring (bicyclic) bond motifs is 1. The average Bonchev–Trinajstić information content (AvgIpc) is 2.46. The molecule has 0 atom stereocenters. The summed E-state index contributed by atoms with van der Waals surface area (Å²) >= 11 is 0. The summed E-state index contributed by atoms with van der Waals surface area (Å²) in [6.45, 7) is 5.49. The van der Waals surface area contributed by atoms with Gasteiger partial charge in [0.05, 0.1) is 0 Å². The second-order valence-corrected chi connectivity index (χ2v) is 2.91. The van der Waals surface area contributed by atoms with Gasteiger partial charge < -0.3 is 4.42 Å². The molecule has 0 spiro atoms. The molecule has 3 heteroatoms. The summed E-state index contributed by atoms with van der Waals surface area (Å²) in [4.78, 5) is 4.07. The lowest BCUT2D eigenvalue weighted by Gasteiger charge is -1.85. The molecular weight excluding hydrogens is 169 g/mol. The van der Waals surface area contributed by atoms with Crippen molar-refractivity contribution in [2.24, 2.45) is 0 Å². The highest BCUT2D eigenvalue weighted by atomic mass is 19.1. The highest BCUT2D eigenvalue weighted by Crippen LogP contribution is 2.20. The van der Waals surface area contributed by atoms with Crippen LogP contribution in [0.2, 0.25) is 0 Å². The van der Waals surface area contributed by atoms with Gasteiger partial charge in [0.1, 0.15) is 11.3 Å². The zero-order chi connectivity index (χ0) is 9.42. The molecule has 0 amide bonds. The lowest BCUT2D eigenvalue weighted by Crippen LogP contribution is -1.75. The molecule has 0 unspecified atom stereocenters. The van der Waals surface area contributed by atoms with E-state index in [0.29, 0.717) is 17.0 Å². The summed E-state index contributed by atoms with van der Waals surface area (Å²) in [7, 11) is 0. The molecule has 1 aromatic carbocycles. The molecule has 2 nitrogen and oxygen atoms in total. The van der Waals surface area contributed by atoms with Crippen molar-refractivity contribution in [3.63, 3.8) is 0 Å². The monoisotopic (exact) mass is 177 g/mol. The molecule has 0 fully saturated rings. The molecule has 0 bridgehead atoms. The third kappa shape index (κ3) is 1.33. The van der Waals surface area contributed by atoms with Gasteiger partial charge in [-0.2, -0.15) is 0 Å². The van der Waals surface area contributed by atoms with E-state index in [-0.39, 0.29) is 5.82 Å². The molecule has 0 aliphatic heterocycles. The Morgan fingerprint density at radius 1 is 1.54 bits per heavy atom. The molecule has 0 N–H and O–H groups in total. The topological polar surface area (TPSA) is 26.0 Å². The van der Waals surface area contributed by atoms with E-state index in [1.807, 2.05) is 0 Å². The smallest absolute Gasteiger partial charge is 0.222 e. The van der Waals surface area contributed by atoms with E-state index in [9.17, 15) is 4.39 Å². The van der Waals surface area contributed by atoms with E-state index in [1.165, 1.54) is 12.1 Å². The van der Waals surface area contributed by atoms with Crippen molar-refractivity contribution in [2.45, 2.75) is 6.92 Å². The molecule has 0 saturated heterocycles. The quantitative estimate of drug-likeness (QED) is 0.669. The molecule has 0 radical (unpaired) electrons. The zero-order valence-electron chi connectivity index (χ0n) is 7.17. The summed E-state index contributed by atoms with van der Waals surface area (Å²) in [6.07, 6.45) is 0. The Bertz CT molecular complexity index is 473. The van der Waals surface area contributed by atoms with E-state index >= 15 is 0 Å². The van der Waals surface area contributed by atoms with E-state index in [1.54, 1.807) is 13.0 Å². The van der Waals surface area contributed by atoms with Gasteiger partial charge >= 0.3 is 0 Å². The van der Waals surface area contributed by atoms with Gasteiger partial charge in [0.2, 0.25) is 5.89 Å². The number of halogens is 1. The van der Waals surface area contributed by atoms with Gasteiger partial charge in [-0.25, -0.2) is 9.37 Å². The Labute approximate surface area is 74.7 Å². The third-order valence-electron chi connectivity index (χ3n) is 1.71. The van der Waals surface area contributed by atoms with Crippen LogP contribution < -0.4 is 0 Å². The Kier molecular flexibility index (Phi) is 1.65. The first-order valence-corrected chi connectivity index (χ1v) is 3.89. The normalized spacial score (nSPS) is 10.6. The lowest BCUT2D eigenvalue weighted by molar-refractivity contribution is 0.583. The molecule has 1 aromatic heterocycles. The summed E-state index contributed by atoms with van der Waals surface area (Å²) in [5.41, 5.74) is 1.84. The SMILES string of the molecule is C=C(C)c1nc2cc(F)ccc2o1. The molecule has 13 heavy (non-hydrogen) atoms. The van der Waals surface area contributed by atoms with Crippen LogP contribution in [0.3, 0.4) is 0 Å². The summed E-state index contributed by atoms with van der Waals surface area (Å²) < 4.78 is 18.1. The molecular formula is C10H8FNO. The van der Waals surface area contributed by atoms with Crippen molar-refractivity contribution in [2.75, 3.05) is 0 Å². The van der Waals surface area contributed by atoms with Crippen molar-refractivity contribution in [1.82, 2.24) is 4.98 Å². The fraction of sp³-hybridized carbons (Fsp3) is 0.100. The predicted molar refractivity (Wildman–Crippen MR) is 48.7 cm³/mol. The predicted octanol–water partition coefficient (Wildman–Crippen LogP) is 3.00. The maximum Gasteiger partial charge on any atom is 0.222 e. The largest absolute Gasteiger partial charge is 0.436 e. The van der Waals surface area contributed by atoms with Crippen LogP contribution in [0.1, 0.15) is 12.8 Å². The maximum atomic E-state index is 12.7. The van der Waals surface area contributed by atoms with E-state index < -0.39 is 0 Å². The first kappa shape index (κ1) is 7.98. The van der Waals surface area contributed by atoms with Gasteiger partial charge in [-0.3, -0.25) is 0 Å². The summed E-state index contributed by atoms with van der Waals surface area (Å²) in [6, 6.07) is 4.24. The fourth-order valence-corrected chi connectivity index (χ4v) is 1.08. The minimum Gasteiger partial charge on any atom is -0.436 e. The second kappa shape index (κ2) is 2.69. The van der Waals surface area contributed by atoms with Gasteiger partial charge in [0, 0.05) is 11.6 Å². The summed E-state index contributed by atoms with van der Waals surface area (Å²) in [5.74, 6) is 0.148. The molecule has 2 rings (SSSR count). The second-order valence-electron chi connectivity index (χ2n) is 2.91. The van der Waals surface area contributed by atoms with Crippen LogP contribution in [-0.4, -0.2) is 4.98 Å². The van der Waals surface area contributed by atoms with Gasteiger partial charge in [-0.05, 0) is 19.1 Å². The zero-order valence-corrected chi connectivity index (χ0v) is 7.17. The molecule has 0 aliphatic carbocycles. The number of oxazole rings is 1. The first-order valence-electron chi connectivity index (χ1n) is 3.89. The number of nitrogens with zero attached hydrogens (tertiary/aromatic N) is 1. The Morgan fingerprint density at radius 3 is 3.00 bits per heavy atom. The van der Waals surface area contributed by atoms with Crippen molar-refractivity contribution in [3.8, 4) is 0 Å². The summed E-state index contributed by atoms with van der Waals surface area (Å²) in [5, 5.41) is 0. The minimum absolute atomic E-state index is 0.311. The van der Waals surface area contributed by atoms with Gasteiger partial charge in [0.15, 0.2) is 5.58 Å². The fourth-order valence-electron chi connectivity index (χ4n) is 1.08. The van der Waals surface area contributed by atoms with Crippen molar-refractivity contribution >= 4 is 16.7 Å². The number of allylic oxidation sites excluding steroid dienone is 1. The van der Waals surface area contributed by atoms with Crippen LogP contribution >= 0.6 is 0 Å². The van der Waals surface area contributed by atoms with Gasteiger partial charge in [-0.1, -0.05) is 6.58 Å². The van der Waals surface area contributed by atoms with E-state index in [4.69, 9.17) is 4.42 Å². The average molecular weight is 177 g/mol. The minimum atomic E-state index is -0.311. The van der Waals surface area contributed by atoms with Crippen LogP contribution in [0.5, 0.6) is 0 Å². The Balaban J connectivity index is 2.68. The maximum absolute atomic E-state index is 12.7. The standard InChI is InChI=1S/C10H8FNO/c1-6(2)10-12-8-5-7(11)3-4-9(8)13-10/h3-5H,1H2,2H3. The van der Waals surface area contributed by atoms with Crippen LogP contribution in [0.15, 0.2) is 29.2 Å². The Morgan fingerprint density at radius 2 is 2.31 bits per heavy atom. The van der Waals surface area contributed by atoms with Crippen molar-refractivity contribution in [3.05, 3.63) is 36.5 Å². The van der Waals surface area contributed by atoms with Crippen LogP contribution in [-0.2, 0) is 0 Å². The Hall–Kier alpha value is -1.64. The molecule has 1 heterocycles. The van der Waals surface area contributed by atoms with Gasteiger partial charge in [-0.15, -0.1) is 0 Å². The van der Waals surface area contributed by atoms with Crippen LogP contribution in [0.25, 0.3) is 16.7 Å². The number of aromatic nitrogens is 1. The highest BCUT2D eigenvalue weighted by Gasteiger charge is 2.06. The molecule has 0 saturated carbocycles. The number of benzene rings is 1. The number of rotatable bonds is 1. The van der Waals surface area contributed by atoms with E-state index in [2.05, 4.69) is 11.6 Å². The van der Waals surface area contributed by atoms with Crippen molar-refractivity contribution < 1.29 is 8.81 Å². The van der Waals surface area contributed by atoms with Gasteiger partial charge in [0.25, 0.3) is 0 Å². The molecule has 2 aromatic rings. The molecule has 66 valence electrons. The highest BCUT2D eigenvalue weighted by molar-refractivity contribution is 5.75. The van der Waals surface area contributed by atoms with Crippen molar-refractivity contribution in [1.29, 1.82) is 0 Å².